The number of methoxy groups -OCH3 is 1. The van der Waals surface area contributed by atoms with Gasteiger partial charge in [-0.2, -0.15) is 5.26 Å². The molecule has 0 aliphatic carbocycles. The predicted molar refractivity (Wildman–Crippen MR) is 111 cm³/mol. The molecule has 1 aromatic carbocycles. The Hall–Kier alpha value is -3.11. The normalized spacial score (nSPS) is 17.8. The minimum atomic E-state index is -1.11. The van der Waals surface area contributed by atoms with Crippen LogP contribution in [0.3, 0.4) is 0 Å². The van der Waals surface area contributed by atoms with Crippen LogP contribution >= 0.6 is 0 Å². The van der Waals surface area contributed by atoms with Crippen LogP contribution in [-0.4, -0.2) is 48.8 Å². The zero-order valence-electron chi connectivity index (χ0n) is 18.2. The Morgan fingerprint density at radius 1 is 1.17 bits per heavy atom. The molecule has 30 heavy (non-hydrogen) atoms. The summed E-state index contributed by atoms with van der Waals surface area (Å²) < 4.78 is 10.9. The summed E-state index contributed by atoms with van der Waals surface area (Å²) in [4.78, 5) is 27.0. The molecule has 0 fully saturated rings. The number of rotatable bonds is 7. The van der Waals surface area contributed by atoms with Crippen molar-refractivity contribution in [3.63, 3.8) is 0 Å². The average Bonchev–Trinajstić information content (AvgIpc) is 2.71. The summed E-state index contributed by atoms with van der Waals surface area (Å²) in [6.07, 6.45) is -0.263. The fourth-order valence-electron chi connectivity index (χ4n) is 3.57. The molecule has 2 atom stereocenters. The Bertz CT molecular complexity index is 922. The summed E-state index contributed by atoms with van der Waals surface area (Å²) in [5.74, 6) is -2.34. The molecule has 1 aliphatic rings. The average molecular weight is 412 g/mol. The van der Waals surface area contributed by atoms with E-state index in [4.69, 9.17) is 14.7 Å². The van der Waals surface area contributed by atoms with Crippen molar-refractivity contribution in [2.24, 2.45) is 5.92 Å². The Morgan fingerprint density at radius 2 is 1.73 bits per heavy atom. The van der Waals surface area contributed by atoms with Gasteiger partial charge < -0.3 is 19.5 Å². The Kier molecular flexibility index (Phi) is 7.41. The van der Waals surface area contributed by atoms with E-state index < -0.39 is 17.9 Å². The number of esters is 1. The Balaban J connectivity index is 2.53. The fourth-order valence-corrected chi connectivity index (χ4v) is 3.57. The standard InChI is InChI=1S/C23H28N2O5/c1-13(2)18(29-6)12-30-23(28)20-15(4)25(5)14(3)19(22(26)27)21(20)17-9-7-16(11-24)8-10-17/h7-10,13,18,21H,12H2,1-6H3,(H,26,27). The number of hydrogen-bond donors (Lipinski definition) is 1. The first-order chi connectivity index (χ1) is 14.1. The third-order valence-corrected chi connectivity index (χ3v) is 5.61. The van der Waals surface area contributed by atoms with E-state index in [1.54, 1.807) is 57.2 Å². The molecular formula is C23H28N2O5. The number of nitriles is 1. The van der Waals surface area contributed by atoms with Crippen LogP contribution < -0.4 is 0 Å². The summed E-state index contributed by atoms with van der Waals surface area (Å²) in [5, 5.41) is 19.0. The van der Waals surface area contributed by atoms with Crippen LogP contribution in [0.15, 0.2) is 46.8 Å². The van der Waals surface area contributed by atoms with Crippen molar-refractivity contribution in [2.45, 2.75) is 39.7 Å². The molecule has 1 aromatic rings. The topological polar surface area (TPSA) is 99.9 Å². The number of benzene rings is 1. The van der Waals surface area contributed by atoms with Crippen LogP contribution in [-0.2, 0) is 19.1 Å². The van der Waals surface area contributed by atoms with E-state index in [1.807, 2.05) is 19.9 Å². The van der Waals surface area contributed by atoms with Gasteiger partial charge in [0, 0.05) is 25.6 Å². The largest absolute Gasteiger partial charge is 0.478 e. The maximum absolute atomic E-state index is 13.1. The maximum Gasteiger partial charge on any atom is 0.336 e. The molecule has 1 heterocycles. The number of carboxylic acid groups (broad SMARTS) is 1. The highest BCUT2D eigenvalue weighted by Crippen LogP contribution is 2.41. The predicted octanol–water partition coefficient (Wildman–Crippen LogP) is 3.43. The molecule has 0 aromatic heterocycles. The van der Waals surface area contributed by atoms with Crippen molar-refractivity contribution >= 4 is 11.9 Å². The van der Waals surface area contributed by atoms with E-state index >= 15 is 0 Å². The number of nitrogens with zero attached hydrogens (tertiary/aromatic N) is 2. The van der Waals surface area contributed by atoms with Crippen LogP contribution in [0.1, 0.15) is 44.7 Å². The highest BCUT2D eigenvalue weighted by molar-refractivity contribution is 5.99. The van der Waals surface area contributed by atoms with Gasteiger partial charge in [-0.1, -0.05) is 26.0 Å². The zero-order valence-corrected chi connectivity index (χ0v) is 18.2. The van der Waals surface area contributed by atoms with Crippen LogP contribution in [0.5, 0.6) is 0 Å². The van der Waals surface area contributed by atoms with Crippen molar-refractivity contribution in [3.8, 4) is 6.07 Å². The van der Waals surface area contributed by atoms with Gasteiger partial charge in [-0.05, 0) is 37.5 Å². The SMILES string of the molecule is COC(COC(=O)C1=C(C)N(C)C(C)=C(C(=O)O)C1c1ccc(C#N)cc1)C(C)C. The molecule has 0 saturated heterocycles. The molecule has 0 saturated carbocycles. The lowest BCUT2D eigenvalue weighted by Crippen LogP contribution is -2.34. The van der Waals surface area contributed by atoms with E-state index in [9.17, 15) is 14.7 Å². The van der Waals surface area contributed by atoms with Gasteiger partial charge in [0.25, 0.3) is 0 Å². The number of carbonyl (C=O) groups excluding carboxylic acids is 1. The molecule has 7 heteroatoms. The summed E-state index contributed by atoms with van der Waals surface area (Å²) in [5.41, 5.74) is 2.60. The molecule has 0 radical (unpaired) electrons. The van der Waals surface area contributed by atoms with Crippen molar-refractivity contribution in [3.05, 3.63) is 57.9 Å². The molecule has 0 amide bonds. The molecule has 1 N–H and O–H groups in total. The summed E-state index contributed by atoms with van der Waals surface area (Å²) in [6, 6.07) is 8.62. The highest BCUT2D eigenvalue weighted by atomic mass is 16.6. The van der Waals surface area contributed by atoms with Gasteiger partial charge in [-0.3, -0.25) is 0 Å². The van der Waals surface area contributed by atoms with E-state index in [0.717, 1.165) is 0 Å². The molecular weight excluding hydrogens is 384 g/mol. The van der Waals surface area contributed by atoms with Crippen molar-refractivity contribution < 1.29 is 24.2 Å². The molecule has 160 valence electrons. The smallest absolute Gasteiger partial charge is 0.336 e. The van der Waals surface area contributed by atoms with Crippen molar-refractivity contribution in [1.82, 2.24) is 4.90 Å². The van der Waals surface area contributed by atoms with Crippen LogP contribution in [0, 0.1) is 17.2 Å². The third kappa shape index (κ3) is 4.55. The molecule has 2 unspecified atom stereocenters. The second-order valence-electron chi connectivity index (χ2n) is 7.65. The first kappa shape index (κ1) is 23.2. The lowest BCUT2D eigenvalue weighted by molar-refractivity contribution is -0.144. The first-order valence-corrected chi connectivity index (χ1v) is 9.72. The molecule has 7 nitrogen and oxygen atoms in total. The van der Waals surface area contributed by atoms with E-state index in [2.05, 4.69) is 0 Å². The number of hydrogen-bond acceptors (Lipinski definition) is 6. The van der Waals surface area contributed by atoms with Gasteiger partial charge in [-0.15, -0.1) is 0 Å². The number of carbonyl (C=O) groups is 2. The lowest BCUT2D eigenvalue weighted by Gasteiger charge is -2.35. The maximum atomic E-state index is 13.1. The van der Waals surface area contributed by atoms with E-state index in [-0.39, 0.29) is 29.8 Å². The quantitative estimate of drug-likeness (QED) is 0.685. The summed E-state index contributed by atoms with van der Waals surface area (Å²) in [6.45, 7) is 7.49. The number of carboxylic acids is 1. The molecule has 2 rings (SSSR count). The van der Waals surface area contributed by atoms with E-state index in [1.165, 1.54) is 0 Å². The van der Waals surface area contributed by atoms with Crippen LogP contribution in [0.25, 0.3) is 0 Å². The Labute approximate surface area is 177 Å². The minimum absolute atomic E-state index is 0.0681. The van der Waals surface area contributed by atoms with Crippen LogP contribution in [0.4, 0.5) is 0 Å². The second-order valence-corrected chi connectivity index (χ2v) is 7.65. The van der Waals surface area contributed by atoms with Crippen molar-refractivity contribution in [2.75, 3.05) is 20.8 Å². The monoisotopic (exact) mass is 412 g/mol. The van der Waals surface area contributed by atoms with Gasteiger partial charge in [0.15, 0.2) is 0 Å². The van der Waals surface area contributed by atoms with Gasteiger partial charge in [0.05, 0.1) is 34.8 Å². The number of ether oxygens (including phenoxy) is 2. The molecule has 0 bridgehead atoms. The third-order valence-electron chi connectivity index (χ3n) is 5.61. The van der Waals surface area contributed by atoms with Gasteiger partial charge in [0.1, 0.15) is 6.61 Å². The van der Waals surface area contributed by atoms with Crippen LogP contribution in [0.2, 0.25) is 0 Å². The molecule has 1 aliphatic heterocycles. The molecule has 0 spiro atoms. The fraction of sp³-hybridized carbons (Fsp3) is 0.435. The van der Waals surface area contributed by atoms with Gasteiger partial charge in [-0.25, -0.2) is 9.59 Å². The first-order valence-electron chi connectivity index (χ1n) is 9.72. The van der Waals surface area contributed by atoms with Gasteiger partial charge >= 0.3 is 11.9 Å². The van der Waals surface area contributed by atoms with Crippen molar-refractivity contribution in [1.29, 1.82) is 5.26 Å². The van der Waals surface area contributed by atoms with Gasteiger partial charge in [0.2, 0.25) is 0 Å². The number of allylic oxidation sites excluding steroid dienone is 2. The lowest BCUT2D eigenvalue weighted by atomic mass is 9.79. The summed E-state index contributed by atoms with van der Waals surface area (Å²) >= 11 is 0. The van der Waals surface area contributed by atoms with E-state index in [0.29, 0.717) is 22.5 Å². The second kappa shape index (κ2) is 9.59. The minimum Gasteiger partial charge on any atom is -0.478 e. The highest BCUT2D eigenvalue weighted by Gasteiger charge is 2.39. The zero-order chi connectivity index (χ0) is 22.6. The Morgan fingerprint density at radius 3 is 2.20 bits per heavy atom. The summed E-state index contributed by atoms with van der Waals surface area (Å²) in [7, 11) is 3.29. The number of aliphatic carboxylic acids is 1.